The largest absolute Gasteiger partial charge is 0.492 e. The number of carboxylic acids is 1. The first-order valence-corrected chi connectivity index (χ1v) is 9.60. The smallest absolute Gasteiger partial charge is 0.328 e. The number of carbonyl (C=O) groups is 2. The quantitative estimate of drug-likeness (QED) is 0.590. The second-order valence-corrected chi connectivity index (χ2v) is 7.71. The molecule has 0 aliphatic heterocycles. The van der Waals surface area contributed by atoms with Crippen LogP contribution in [0, 0.1) is 0 Å². The maximum Gasteiger partial charge on any atom is 0.328 e. The van der Waals surface area contributed by atoms with Gasteiger partial charge in [0.2, 0.25) is 0 Å². The average Bonchev–Trinajstić information content (AvgIpc) is 2.69. The predicted octanol–water partition coefficient (Wildman–Crippen LogP) is 4.71. The summed E-state index contributed by atoms with van der Waals surface area (Å²) in [6, 6.07) is 18.6. The maximum absolute atomic E-state index is 12.8. The molecule has 0 saturated heterocycles. The second kappa shape index (κ2) is 8.53. The molecule has 3 aromatic rings. The lowest BCUT2D eigenvalue weighted by atomic mass is 10.0. The molecule has 0 heterocycles. The number of carboxylic acid groups (broad SMARTS) is 1. The van der Waals surface area contributed by atoms with E-state index in [0.717, 1.165) is 16.3 Å². The van der Waals surface area contributed by atoms with Crippen LogP contribution in [0.5, 0.6) is 5.75 Å². The zero-order valence-electron chi connectivity index (χ0n) is 16.2. The maximum atomic E-state index is 12.8. The van der Waals surface area contributed by atoms with E-state index < -0.39 is 17.4 Å². The number of fused-ring (bicyclic) bond motifs is 1. The normalized spacial score (nSPS) is 11.3. The van der Waals surface area contributed by atoms with Crippen molar-refractivity contribution in [3.63, 3.8) is 0 Å². The van der Waals surface area contributed by atoms with Crippen molar-refractivity contribution in [2.75, 3.05) is 6.61 Å². The number of hydrogen-bond donors (Lipinski definition) is 2. The number of hydrogen-bond acceptors (Lipinski definition) is 3. The van der Waals surface area contributed by atoms with Gasteiger partial charge < -0.3 is 15.2 Å². The van der Waals surface area contributed by atoms with Gasteiger partial charge in [-0.2, -0.15) is 0 Å². The van der Waals surface area contributed by atoms with E-state index >= 15 is 0 Å². The molecule has 0 saturated carbocycles. The van der Waals surface area contributed by atoms with E-state index in [9.17, 15) is 14.7 Å². The summed E-state index contributed by atoms with van der Waals surface area (Å²) in [6.07, 6.45) is 0.641. The highest BCUT2D eigenvalue weighted by molar-refractivity contribution is 6.30. The summed E-state index contributed by atoms with van der Waals surface area (Å²) in [6.45, 7) is 3.24. The monoisotopic (exact) mass is 411 g/mol. The van der Waals surface area contributed by atoms with Gasteiger partial charge in [0, 0.05) is 16.8 Å². The van der Waals surface area contributed by atoms with Crippen LogP contribution in [0.4, 0.5) is 0 Å². The third-order valence-electron chi connectivity index (χ3n) is 4.64. The minimum absolute atomic E-state index is 0.300. The van der Waals surface area contributed by atoms with Crippen molar-refractivity contribution in [2.24, 2.45) is 0 Å². The van der Waals surface area contributed by atoms with Gasteiger partial charge in [0.15, 0.2) is 0 Å². The molecule has 3 aromatic carbocycles. The summed E-state index contributed by atoms with van der Waals surface area (Å²) in [4.78, 5) is 24.2. The summed E-state index contributed by atoms with van der Waals surface area (Å²) in [7, 11) is 0. The van der Waals surface area contributed by atoms with Crippen LogP contribution < -0.4 is 10.1 Å². The molecule has 0 unspecified atom stereocenters. The van der Waals surface area contributed by atoms with Crippen molar-refractivity contribution in [1.29, 1.82) is 0 Å². The molecule has 3 rings (SSSR count). The fraction of sp³-hybridized carbons (Fsp3) is 0.217. The van der Waals surface area contributed by atoms with Gasteiger partial charge in [-0.1, -0.05) is 54.1 Å². The third-order valence-corrected chi connectivity index (χ3v) is 4.89. The standard InChI is InChI=1S/C23H22ClNO4/c1-23(2,22(27)28)25-21(26)19-12-9-16-5-3-4-6-18(16)20(19)29-14-13-15-7-10-17(24)11-8-15/h3-12H,13-14H2,1-2H3,(H,25,26)(H,27,28). The number of aliphatic carboxylic acids is 1. The van der Waals surface area contributed by atoms with Gasteiger partial charge in [-0.3, -0.25) is 4.79 Å². The third kappa shape index (κ3) is 4.87. The van der Waals surface area contributed by atoms with Gasteiger partial charge in [0.25, 0.3) is 5.91 Å². The van der Waals surface area contributed by atoms with E-state index in [1.807, 2.05) is 54.6 Å². The highest BCUT2D eigenvalue weighted by Crippen LogP contribution is 2.30. The highest BCUT2D eigenvalue weighted by atomic mass is 35.5. The summed E-state index contributed by atoms with van der Waals surface area (Å²) < 4.78 is 6.04. The molecule has 0 aliphatic rings. The Balaban J connectivity index is 1.88. The summed E-state index contributed by atoms with van der Waals surface area (Å²) in [5.74, 6) is -1.17. The lowest BCUT2D eigenvalue weighted by molar-refractivity contribution is -0.143. The van der Waals surface area contributed by atoms with Crippen LogP contribution in [-0.4, -0.2) is 29.1 Å². The lowest BCUT2D eigenvalue weighted by Gasteiger charge is -2.22. The Labute approximate surface area is 174 Å². The van der Waals surface area contributed by atoms with Crippen molar-refractivity contribution >= 4 is 34.2 Å². The fourth-order valence-electron chi connectivity index (χ4n) is 2.90. The van der Waals surface area contributed by atoms with Crippen LogP contribution in [0.3, 0.4) is 0 Å². The molecule has 2 N–H and O–H groups in total. The van der Waals surface area contributed by atoms with Crippen LogP contribution in [0.15, 0.2) is 60.7 Å². The molecule has 0 spiro atoms. The number of benzene rings is 3. The van der Waals surface area contributed by atoms with Crippen molar-refractivity contribution in [3.8, 4) is 5.75 Å². The Hall–Kier alpha value is -3.05. The summed E-state index contributed by atoms with van der Waals surface area (Å²) in [5, 5.41) is 14.3. The van der Waals surface area contributed by atoms with Crippen LogP contribution in [0.2, 0.25) is 5.02 Å². The molecule has 0 bridgehead atoms. The molecule has 29 heavy (non-hydrogen) atoms. The van der Waals surface area contributed by atoms with Gasteiger partial charge in [0.05, 0.1) is 12.2 Å². The average molecular weight is 412 g/mol. The molecule has 0 radical (unpaired) electrons. The summed E-state index contributed by atoms with van der Waals surface area (Å²) >= 11 is 5.92. The highest BCUT2D eigenvalue weighted by Gasteiger charge is 2.30. The molecule has 150 valence electrons. The van der Waals surface area contributed by atoms with Crippen LogP contribution in [0.1, 0.15) is 29.8 Å². The molecular formula is C23H22ClNO4. The number of amides is 1. The van der Waals surface area contributed by atoms with Crippen molar-refractivity contribution < 1.29 is 19.4 Å². The molecule has 1 amide bonds. The van der Waals surface area contributed by atoms with Crippen molar-refractivity contribution in [2.45, 2.75) is 25.8 Å². The molecule has 0 fully saturated rings. The molecular weight excluding hydrogens is 390 g/mol. The van der Waals surface area contributed by atoms with Gasteiger partial charge in [-0.05, 0) is 43.0 Å². The Morgan fingerprint density at radius 1 is 1.03 bits per heavy atom. The van der Waals surface area contributed by atoms with Gasteiger partial charge in [0.1, 0.15) is 11.3 Å². The molecule has 0 atom stereocenters. The van der Waals surface area contributed by atoms with Gasteiger partial charge >= 0.3 is 5.97 Å². The fourth-order valence-corrected chi connectivity index (χ4v) is 3.03. The number of halogens is 1. The first kappa shape index (κ1) is 20.7. The first-order valence-electron chi connectivity index (χ1n) is 9.23. The molecule has 5 nitrogen and oxygen atoms in total. The van der Waals surface area contributed by atoms with Crippen LogP contribution >= 0.6 is 11.6 Å². The van der Waals surface area contributed by atoms with E-state index in [-0.39, 0.29) is 0 Å². The van der Waals surface area contributed by atoms with Gasteiger partial charge in [-0.25, -0.2) is 4.79 Å². The van der Waals surface area contributed by atoms with Gasteiger partial charge in [-0.15, -0.1) is 0 Å². The van der Waals surface area contributed by atoms with Crippen LogP contribution in [0.25, 0.3) is 10.8 Å². The van der Waals surface area contributed by atoms with E-state index in [1.165, 1.54) is 13.8 Å². The van der Waals surface area contributed by atoms with Crippen molar-refractivity contribution in [1.82, 2.24) is 5.32 Å². The van der Waals surface area contributed by atoms with Crippen LogP contribution in [-0.2, 0) is 11.2 Å². The Kier molecular flexibility index (Phi) is 6.09. The second-order valence-electron chi connectivity index (χ2n) is 7.27. The number of ether oxygens (including phenoxy) is 1. The van der Waals surface area contributed by atoms with Crippen molar-refractivity contribution in [3.05, 3.63) is 76.8 Å². The topological polar surface area (TPSA) is 75.6 Å². The Morgan fingerprint density at radius 3 is 2.41 bits per heavy atom. The Morgan fingerprint density at radius 2 is 1.72 bits per heavy atom. The number of carbonyl (C=O) groups excluding carboxylic acids is 1. The van der Waals surface area contributed by atoms with E-state index in [2.05, 4.69) is 5.32 Å². The number of rotatable bonds is 7. The lowest BCUT2D eigenvalue weighted by Crippen LogP contribution is -2.49. The predicted molar refractivity (Wildman–Crippen MR) is 114 cm³/mol. The minimum atomic E-state index is -1.40. The molecule has 6 heteroatoms. The number of nitrogens with one attached hydrogen (secondary N) is 1. The first-order chi connectivity index (χ1) is 13.8. The zero-order chi connectivity index (χ0) is 21.0. The van der Waals surface area contributed by atoms with E-state index in [4.69, 9.17) is 16.3 Å². The summed E-state index contributed by atoms with van der Waals surface area (Å²) in [5.41, 5.74) is -0.0367. The molecule has 0 aliphatic carbocycles. The van der Waals surface area contributed by atoms with E-state index in [0.29, 0.717) is 29.4 Å². The molecule has 0 aromatic heterocycles. The van der Waals surface area contributed by atoms with E-state index in [1.54, 1.807) is 6.07 Å². The minimum Gasteiger partial charge on any atom is -0.492 e. The Bertz CT molecular complexity index is 1040. The zero-order valence-corrected chi connectivity index (χ0v) is 17.0. The SMILES string of the molecule is CC(C)(NC(=O)c1ccc2ccccc2c1OCCc1ccc(Cl)cc1)C(=O)O.